The van der Waals surface area contributed by atoms with Crippen molar-refractivity contribution in [3.05, 3.63) is 77.9 Å². The van der Waals surface area contributed by atoms with Gasteiger partial charge in [-0.15, -0.1) is 0 Å². The molecule has 38 heavy (non-hydrogen) atoms. The van der Waals surface area contributed by atoms with Gasteiger partial charge in [-0.1, -0.05) is 50.3 Å². The van der Waals surface area contributed by atoms with Crippen LogP contribution in [0.4, 0.5) is 18.9 Å². The molecule has 0 spiro atoms. The number of amides is 1. The third kappa shape index (κ3) is 8.31. The summed E-state index contributed by atoms with van der Waals surface area (Å²) in [4.78, 5) is 16.1. The minimum atomic E-state index is -4.47. The molecule has 0 radical (unpaired) electrons. The summed E-state index contributed by atoms with van der Waals surface area (Å²) in [6.07, 6.45) is -0.581. The van der Waals surface area contributed by atoms with Gasteiger partial charge in [-0.3, -0.25) is 9.69 Å². The van der Waals surface area contributed by atoms with Gasteiger partial charge in [0.05, 0.1) is 5.56 Å². The van der Waals surface area contributed by atoms with Crippen LogP contribution in [0.25, 0.3) is 0 Å². The summed E-state index contributed by atoms with van der Waals surface area (Å²) in [7, 11) is 0. The molecule has 1 saturated heterocycles. The molecule has 0 aromatic heterocycles. The quantitative estimate of drug-likeness (QED) is 0.254. The van der Waals surface area contributed by atoms with E-state index in [-0.39, 0.29) is 17.6 Å². The Morgan fingerprint density at radius 2 is 1.87 bits per heavy atom. The predicted octanol–water partition coefficient (Wildman–Crippen LogP) is 5.35. The van der Waals surface area contributed by atoms with Crippen molar-refractivity contribution < 1.29 is 23.1 Å². The van der Waals surface area contributed by atoms with E-state index in [0.717, 1.165) is 62.0 Å². The molecule has 6 nitrogen and oxygen atoms in total. The van der Waals surface area contributed by atoms with E-state index < -0.39 is 18.1 Å². The van der Waals surface area contributed by atoms with Crippen LogP contribution in [0.5, 0.6) is 0 Å². The summed E-state index contributed by atoms with van der Waals surface area (Å²) in [6, 6.07) is 13.0. The zero-order valence-corrected chi connectivity index (χ0v) is 22.2. The van der Waals surface area contributed by atoms with Gasteiger partial charge in [0.1, 0.15) is 0 Å². The van der Waals surface area contributed by atoms with Gasteiger partial charge in [-0.25, -0.2) is 0 Å². The molecule has 208 valence electrons. The first-order valence-corrected chi connectivity index (χ1v) is 13.2. The zero-order chi connectivity index (χ0) is 27.7. The largest absolute Gasteiger partial charge is 0.416 e. The Morgan fingerprint density at radius 3 is 2.50 bits per heavy atom. The molecule has 1 aliphatic heterocycles. The van der Waals surface area contributed by atoms with Crippen LogP contribution in [0.3, 0.4) is 0 Å². The normalized spacial score (nSPS) is 16.7. The van der Waals surface area contributed by atoms with Gasteiger partial charge in [-0.2, -0.15) is 13.2 Å². The number of hydrogen-bond acceptors (Lipinski definition) is 5. The number of rotatable bonds is 12. The molecule has 2 aromatic rings. The number of aliphatic hydroxyl groups is 1. The maximum Gasteiger partial charge on any atom is 0.416 e. The first-order valence-electron chi connectivity index (χ1n) is 13.2. The number of carbonyl (C=O) groups is 1. The molecule has 0 saturated carbocycles. The fraction of sp³-hybridized carbons (Fsp3) is 0.483. The fourth-order valence-electron chi connectivity index (χ4n) is 5.03. The molecule has 3 N–H and O–H groups in total. The van der Waals surface area contributed by atoms with E-state index in [0.29, 0.717) is 19.1 Å². The van der Waals surface area contributed by atoms with E-state index in [1.165, 1.54) is 18.2 Å². The van der Waals surface area contributed by atoms with Gasteiger partial charge in [0.15, 0.2) is 6.35 Å². The van der Waals surface area contributed by atoms with E-state index in [2.05, 4.69) is 36.0 Å². The predicted molar refractivity (Wildman–Crippen MR) is 144 cm³/mol. The number of carbonyl (C=O) groups excluding carboxylic acids is 1. The SMILES string of the molecule is C=CC(=O)NCc1ccccc1CN(C1CCN(C(C)CCC)CC1)C(O)Nc1cccc(C(F)(F)F)c1. The Hall–Kier alpha value is -2.88. The Balaban J connectivity index is 1.82. The lowest BCUT2D eigenvalue weighted by Crippen LogP contribution is -2.52. The smallest absolute Gasteiger partial charge is 0.361 e. The maximum absolute atomic E-state index is 13.3. The van der Waals surface area contributed by atoms with Crippen molar-refractivity contribution in [2.45, 2.75) is 77.2 Å². The number of benzene rings is 2. The van der Waals surface area contributed by atoms with E-state index in [1.54, 1.807) is 0 Å². The Morgan fingerprint density at radius 1 is 1.18 bits per heavy atom. The number of hydrogen-bond donors (Lipinski definition) is 3. The number of likely N-dealkylation sites (tertiary alicyclic amines) is 1. The molecule has 2 unspecified atom stereocenters. The highest BCUT2D eigenvalue weighted by atomic mass is 19.4. The summed E-state index contributed by atoms with van der Waals surface area (Å²) >= 11 is 0. The lowest BCUT2D eigenvalue weighted by molar-refractivity contribution is -0.137. The molecule has 1 fully saturated rings. The van der Waals surface area contributed by atoms with Crippen LogP contribution in [0.15, 0.2) is 61.2 Å². The van der Waals surface area contributed by atoms with Gasteiger partial charge in [0, 0.05) is 30.9 Å². The molecule has 2 aromatic carbocycles. The molecule has 9 heteroatoms. The second kappa shape index (κ2) is 13.8. The number of halogens is 3. The minimum absolute atomic E-state index is 0.0178. The van der Waals surface area contributed by atoms with Crippen LogP contribution in [-0.2, 0) is 24.1 Å². The molecular formula is C29H39F3N4O2. The summed E-state index contributed by atoms with van der Waals surface area (Å²) in [5.41, 5.74) is 1.23. The van der Waals surface area contributed by atoms with E-state index in [4.69, 9.17) is 0 Å². The molecule has 0 aliphatic carbocycles. The fourth-order valence-corrected chi connectivity index (χ4v) is 5.03. The van der Waals surface area contributed by atoms with Gasteiger partial charge in [0.2, 0.25) is 5.91 Å². The van der Waals surface area contributed by atoms with Crippen LogP contribution in [0.1, 0.15) is 56.2 Å². The topological polar surface area (TPSA) is 67.8 Å². The third-order valence-corrected chi connectivity index (χ3v) is 7.21. The van der Waals surface area contributed by atoms with Crippen LogP contribution in [0.2, 0.25) is 0 Å². The number of nitrogens with zero attached hydrogens (tertiary/aromatic N) is 2. The van der Waals surface area contributed by atoms with E-state index in [9.17, 15) is 23.1 Å². The number of piperidine rings is 1. The van der Waals surface area contributed by atoms with Crippen molar-refractivity contribution in [1.82, 2.24) is 15.1 Å². The summed E-state index contributed by atoms with van der Waals surface area (Å²) in [6.45, 7) is 10.3. The van der Waals surface area contributed by atoms with E-state index >= 15 is 0 Å². The standard InChI is InChI=1S/C29H39F3N4O2/c1-4-9-21(3)35-16-14-26(15-17-35)36(20-23-11-7-6-10-22(23)19-33-27(37)5-2)28(38)34-25-13-8-12-24(18-25)29(30,31)32/h5-8,10-13,18,21,26,28,34,38H,2,4,9,14-17,19-20H2,1,3H3,(H,33,37). The molecule has 2 atom stereocenters. The molecule has 0 bridgehead atoms. The second-order valence-electron chi connectivity index (χ2n) is 9.86. The molecule has 1 amide bonds. The van der Waals surface area contributed by atoms with Crippen molar-refractivity contribution in [2.24, 2.45) is 0 Å². The van der Waals surface area contributed by atoms with Crippen molar-refractivity contribution in [2.75, 3.05) is 18.4 Å². The van der Waals surface area contributed by atoms with Gasteiger partial charge in [-0.05, 0) is 74.7 Å². The highest BCUT2D eigenvalue weighted by molar-refractivity contribution is 5.86. The molecular weight excluding hydrogens is 493 g/mol. The maximum atomic E-state index is 13.3. The first kappa shape index (κ1) is 29.7. The molecule has 1 aliphatic rings. The van der Waals surface area contributed by atoms with Crippen molar-refractivity contribution >= 4 is 11.6 Å². The highest BCUT2D eigenvalue weighted by Crippen LogP contribution is 2.31. The number of aliphatic hydroxyl groups excluding tert-OH is 1. The number of alkyl halides is 3. The Kier molecular flexibility index (Phi) is 10.8. The number of anilines is 1. The lowest BCUT2D eigenvalue weighted by atomic mass is 9.99. The number of nitrogens with one attached hydrogen (secondary N) is 2. The van der Waals surface area contributed by atoms with Crippen LogP contribution in [-0.4, -0.2) is 52.3 Å². The monoisotopic (exact) mass is 532 g/mol. The average Bonchev–Trinajstić information content (AvgIpc) is 2.90. The first-order chi connectivity index (χ1) is 18.1. The second-order valence-corrected chi connectivity index (χ2v) is 9.86. The molecule has 3 rings (SSSR count). The van der Waals surface area contributed by atoms with E-state index in [1.807, 2.05) is 29.2 Å². The van der Waals surface area contributed by atoms with Gasteiger partial charge in [0.25, 0.3) is 0 Å². The van der Waals surface area contributed by atoms with Crippen molar-refractivity contribution in [3.8, 4) is 0 Å². The van der Waals surface area contributed by atoms with Crippen molar-refractivity contribution in [1.29, 1.82) is 0 Å². The lowest BCUT2D eigenvalue weighted by Gasteiger charge is -2.42. The zero-order valence-electron chi connectivity index (χ0n) is 22.2. The summed E-state index contributed by atoms with van der Waals surface area (Å²) in [5.74, 6) is -0.281. The highest BCUT2D eigenvalue weighted by Gasteiger charge is 2.32. The van der Waals surface area contributed by atoms with Crippen LogP contribution >= 0.6 is 0 Å². The average molecular weight is 533 g/mol. The van der Waals surface area contributed by atoms with Crippen LogP contribution < -0.4 is 10.6 Å². The summed E-state index contributed by atoms with van der Waals surface area (Å²) in [5, 5.41) is 17.0. The van der Waals surface area contributed by atoms with Crippen LogP contribution in [0, 0.1) is 0 Å². The van der Waals surface area contributed by atoms with Crippen molar-refractivity contribution in [3.63, 3.8) is 0 Å². The Labute approximate surface area is 223 Å². The van der Waals surface area contributed by atoms with Gasteiger partial charge < -0.3 is 20.6 Å². The third-order valence-electron chi connectivity index (χ3n) is 7.21. The summed E-state index contributed by atoms with van der Waals surface area (Å²) < 4.78 is 39.8. The molecule has 1 heterocycles. The van der Waals surface area contributed by atoms with Gasteiger partial charge >= 0.3 is 6.18 Å². The Bertz CT molecular complexity index is 1050. The minimum Gasteiger partial charge on any atom is -0.361 e.